The summed E-state index contributed by atoms with van der Waals surface area (Å²) in [5.74, 6) is 0.867. The minimum Gasteiger partial charge on any atom is -0.271 e. The van der Waals surface area contributed by atoms with Crippen LogP contribution in [0.15, 0.2) is 59.6 Å². The van der Waals surface area contributed by atoms with E-state index in [4.69, 9.17) is 0 Å². The molecule has 0 unspecified atom stereocenters. The first-order valence-corrected chi connectivity index (χ1v) is 8.34. The van der Waals surface area contributed by atoms with Crippen LogP contribution in [0.1, 0.15) is 16.4 Å². The van der Waals surface area contributed by atoms with Crippen LogP contribution in [-0.2, 0) is 0 Å². The van der Waals surface area contributed by atoms with E-state index in [1.165, 1.54) is 17.7 Å². The van der Waals surface area contributed by atoms with Crippen molar-refractivity contribution in [2.24, 2.45) is 4.99 Å². The number of aliphatic imine (C=N–C) groups is 1. The molecule has 4 heteroatoms. The van der Waals surface area contributed by atoms with Gasteiger partial charge in [-0.2, -0.15) is 0 Å². The Bertz CT molecular complexity index is 596. The van der Waals surface area contributed by atoms with Crippen LogP contribution >= 0.6 is 23.5 Å². The minimum atomic E-state index is -0.196. The van der Waals surface area contributed by atoms with Gasteiger partial charge in [0.25, 0.3) is 0 Å². The van der Waals surface area contributed by atoms with Gasteiger partial charge in [-0.05, 0) is 23.3 Å². The molecule has 102 valence electrons. The molecule has 2 aromatic carbocycles. The van der Waals surface area contributed by atoms with E-state index in [2.05, 4.69) is 17.1 Å². The number of thioether (sulfide) groups is 2. The molecule has 1 heterocycles. The number of hydrogen-bond donors (Lipinski definition) is 0. The Morgan fingerprint density at radius 3 is 2.35 bits per heavy atom. The lowest BCUT2D eigenvalue weighted by atomic mass is 10.0. The summed E-state index contributed by atoms with van der Waals surface area (Å²) >= 11 is 3.56. The predicted molar refractivity (Wildman–Crippen MR) is 87.0 cm³/mol. The van der Waals surface area contributed by atoms with Gasteiger partial charge in [-0.1, -0.05) is 66.0 Å². The Balaban J connectivity index is 1.92. The van der Waals surface area contributed by atoms with Crippen LogP contribution in [0.4, 0.5) is 4.39 Å². The van der Waals surface area contributed by atoms with Crippen LogP contribution in [0.2, 0.25) is 0 Å². The van der Waals surface area contributed by atoms with Crippen molar-refractivity contribution < 1.29 is 4.39 Å². The highest BCUT2D eigenvalue weighted by Gasteiger charge is 2.19. The topological polar surface area (TPSA) is 12.4 Å². The second-order valence-electron chi connectivity index (χ2n) is 4.46. The van der Waals surface area contributed by atoms with Gasteiger partial charge in [0.2, 0.25) is 0 Å². The molecule has 1 atom stereocenters. The zero-order valence-electron chi connectivity index (χ0n) is 10.8. The summed E-state index contributed by atoms with van der Waals surface area (Å²) in [5.41, 5.74) is 2.33. The third-order valence-corrected chi connectivity index (χ3v) is 5.57. The molecule has 2 aromatic rings. The Kier molecular flexibility index (Phi) is 4.43. The van der Waals surface area contributed by atoms with Gasteiger partial charge in [-0.15, -0.1) is 0 Å². The van der Waals surface area contributed by atoms with Crippen LogP contribution in [0.25, 0.3) is 0 Å². The van der Waals surface area contributed by atoms with Gasteiger partial charge in [-0.25, -0.2) is 4.39 Å². The van der Waals surface area contributed by atoms with Crippen molar-refractivity contribution in [3.8, 4) is 0 Å². The lowest BCUT2D eigenvalue weighted by molar-refractivity contribution is 0.627. The van der Waals surface area contributed by atoms with E-state index in [1.54, 1.807) is 23.5 Å². The molecule has 0 aliphatic carbocycles. The maximum absolute atomic E-state index is 13.1. The summed E-state index contributed by atoms with van der Waals surface area (Å²) in [5, 5.41) is 0.168. The summed E-state index contributed by atoms with van der Waals surface area (Å²) in [7, 11) is 0. The van der Waals surface area contributed by atoms with E-state index in [-0.39, 0.29) is 11.1 Å². The van der Waals surface area contributed by atoms with E-state index in [9.17, 15) is 4.39 Å². The van der Waals surface area contributed by atoms with Crippen molar-refractivity contribution in [1.29, 1.82) is 0 Å². The Hall–Kier alpha value is -1.26. The zero-order chi connectivity index (χ0) is 13.8. The van der Waals surface area contributed by atoms with E-state index in [0.717, 1.165) is 22.2 Å². The fourth-order valence-electron chi connectivity index (χ4n) is 2.08. The van der Waals surface area contributed by atoms with Gasteiger partial charge < -0.3 is 0 Å². The quantitative estimate of drug-likeness (QED) is 0.811. The molecule has 0 saturated heterocycles. The largest absolute Gasteiger partial charge is 0.271 e. The van der Waals surface area contributed by atoms with E-state index >= 15 is 0 Å². The summed E-state index contributed by atoms with van der Waals surface area (Å²) < 4.78 is 14.3. The molecule has 0 aromatic heterocycles. The number of halogens is 1. The standard InChI is InChI=1S/C16H14FNS2/c17-14-8-6-13(7-9-14)15(12-4-2-1-3-5-12)20-16-18-10-11-19-16/h1-9,15H,10-11H2/t15-/m0/s1. The third-order valence-electron chi connectivity index (χ3n) is 3.05. The first-order chi connectivity index (χ1) is 9.83. The molecule has 1 aliphatic heterocycles. The van der Waals surface area contributed by atoms with Crippen LogP contribution in [0, 0.1) is 5.82 Å². The first-order valence-electron chi connectivity index (χ1n) is 6.47. The second-order valence-corrected chi connectivity index (χ2v) is 6.89. The van der Waals surface area contributed by atoms with E-state index < -0.39 is 0 Å². The monoisotopic (exact) mass is 303 g/mol. The molecule has 0 radical (unpaired) electrons. The van der Waals surface area contributed by atoms with Gasteiger partial charge in [0.1, 0.15) is 10.2 Å². The molecule has 0 N–H and O–H groups in total. The molecular formula is C16H14FNS2. The lowest BCUT2D eigenvalue weighted by Crippen LogP contribution is -1.99. The molecule has 0 saturated carbocycles. The van der Waals surface area contributed by atoms with Gasteiger partial charge in [-0.3, -0.25) is 4.99 Å². The highest BCUT2D eigenvalue weighted by Crippen LogP contribution is 2.40. The van der Waals surface area contributed by atoms with Crippen molar-refractivity contribution in [1.82, 2.24) is 0 Å². The predicted octanol–water partition coefficient (Wildman–Crippen LogP) is 4.75. The maximum Gasteiger partial charge on any atom is 0.125 e. The van der Waals surface area contributed by atoms with E-state index in [0.29, 0.717) is 0 Å². The Morgan fingerprint density at radius 1 is 1.00 bits per heavy atom. The molecule has 0 bridgehead atoms. The minimum absolute atomic E-state index is 0.168. The zero-order valence-corrected chi connectivity index (χ0v) is 12.5. The van der Waals surface area contributed by atoms with E-state index in [1.807, 2.05) is 30.3 Å². The average molecular weight is 303 g/mol. The summed E-state index contributed by atoms with van der Waals surface area (Å²) in [6.07, 6.45) is 0. The fourth-order valence-corrected chi connectivity index (χ4v) is 4.39. The number of hydrogen-bond acceptors (Lipinski definition) is 3. The third kappa shape index (κ3) is 3.25. The van der Waals surface area contributed by atoms with Gasteiger partial charge in [0.15, 0.2) is 0 Å². The molecule has 0 amide bonds. The molecule has 1 nitrogen and oxygen atoms in total. The van der Waals surface area contributed by atoms with Crippen LogP contribution in [-0.4, -0.2) is 16.7 Å². The highest BCUT2D eigenvalue weighted by molar-refractivity contribution is 8.39. The molecule has 1 aliphatic rings. The second kappa shape index (κ2) is 6.46. The normalized spacial score (nSPS) is 15.9. The number of benzene rings is 2. The molecule has 0 spiro atoms. The van der Waals surface area contributed by atoms with Crippen LogP contribution < -0.4 is 0 Å². The summed E-state index contributed by atoms with van der Waals surface area (Å²) in [6, 6.07) is 17.1. The van der Waals surface area contributed by atoms with Crippen molar-refractivity contribution in [2.75, 3.05) is 12.3 Å². The SMILES string of the molecule is Fc1ccc([C@@H](SC2=NCCS2)c2ccccc2)cc1. The molecular weight excluding hydrogens is 289 g/mol. The summed E-state index contributed by atoms with van der Waals surface area (Å²) in [4.78, 5) is 4.51. The Morgan fingerprint density at radius 2 is 1.70 bits per heavy atom. The molecule has 20 heavy (non-hydrogen) atoms. The number of rotatable bonds is 3. The first kappa shape index (κ1) is 13.7. The van der Waals surface area contributed by atoms with Crippen molar-refractivity contribution in [3.05, 3.63) is 71.5 Å². The van der Waals surface area contributed by atoms with Gasteiger partial charge in [0, 0.05) is 5.75 Å². The smallest absolute Gasteiger partial charge is 0.125 e. The highest BCUT2D eigenvalue weighted by atomic mass is 32.2. The fraction of sp³-hybridized carbons (Fsp3) is 0.188. The van der Waals surface area contributed by atoms with Crippen molar-refractivity contribution >= 4 is 27.9 Å². The van der Waals surface area contributed by atoms with Crippen LogP contribution in [0.3, 0.4) is 0 Å². The lowest BCUT2D eigenvalue weighted by Gasteiger charge is -2.17. The van der Waals surface area contributed by atoms with Gasteiger partial charge in [0.05, 0.1) is 11.8 Å². The number of nitrogens with zero attached hydrogens (tertiary/aromatic N) is 1. The average Bonchev–Trinajstić information content (AvgIpc) is 3.00. The van der Waals surface area contributed by atoms with Crippen LogP contribution in [0.5, 0.6) is 0 Å². The summed E-state index contributed by atoms with van der Waals surface area (Å²) in [6.45, 7) is 0.901. The molecule has 3 rings (SSSR count). The maximum atomic E-state index is 13.1. The van der Waals surface area contributed by atoms with Gasteiger partial charge >= 0.3 is 0 Å². The van der Waals surface area contributed by atoms with Crippen molar-refractivity contribution in [2.45, 2.75) is 5.25 Å². The van der Waals surface area contributed by atoms with Crippen molar-refractivity contribution in [3.63, 3.8) is 0 Å². The molecule has 0 fully saturated rings. The Labute approximate surface area is 126 Å².